The van der Waals surface area contributed by atoms with Crippen molar-refractivity contribution in [2.75, 3.05) is 6.54 Å². The van der Waals surface area contributed by atoms with Gasteiger partial charge in [0.05, 0.1) is 0 Å². The van der Waals surface area contributed by atoms with Crippen LogP contribution in [0.3, 0.4) is 0 Å². The van der Waals surface area contributed by atoms with Crippen molar-refractivity contribution in [3.63, 3.8) is 0 Å². The summed E-state index contributed by atoms with van der Waals surface area (Å²) in [6.45, 7) is 5.58. The molecule has 2 unspecified atom stereocenters. The van der Waals surface area contributed by atoms with Crippen molar-refractivity contribution in [2.45, 2.75) is 58.4 Å². The summed E-state index contributed by atoms with van der Waals surface area (Å²) in [5.74, 6) is 0.873. The predicted molar refractivity (Wildman–Crippen MR) is 78.9 cm³/mol. The van der Waals surface area contributed by atoms with Crippen molar-refractivity contribution in [3.05, 3.63) is 35.4 Å². The Morgan fingerprint density at radius 3 is 2.72 bits per heavy atom. The average Bonchev–Trinajstić information content (AvgIpc) is 2.58. The summed E-state index contributed by atoms with van der Waals surface area (Å²) in [6, 6.07) is 9.64. The number of hydrogen-bond donors (Lipinski definition) is 1. The number of benzene rings is 1. The van der Waals surface area contributed by atoms with E-state index < -0.39 is 0 Å². The quantitative estimate of drug-likeness (QED) is 0.788. The fourth-order valence-corrected chi connectivity index (χ4v) is 3.27. The summed E-state index contributed by atoms with van der Waals surface area (Å²) < 4.78 is 0. The molecule has 0 spiro atoms. The van der Waals surface area contributed by atoms with Crippen molar-refractivity contribution >= 4 is 0 Å². The molecule has 18 heavy (non-hydrogen) atoms. The first-order valence-electron chi connectivity index (χ1n) is 7.57. The molecule has 1 saturated carbocycles. The van der Waals surface area contributed by atoms with Crippen LogP contribution in [0.2, 0.25) is 0 Å². The lowest BCUT2D eigenvalue weighted by molar-refractivity contribution is 0.389. The minimum atomic E-state index is 0.756. The van der Waals surface area contributed by atoms with E-state index in [1.807, 2.05) is 0 Å². The Kier molecular flexibility index (Phi) is 5.25. The number of aryl methyl sites for hydroxylation is 1. The van der Waals surface area contributed by atoms with Crippen molar-refractivity contribution in [1.82, 2.24) is 5.32 Å². The van der Waals surface area contributed by atoms with E-state index in [1.165, 1.54) is 44.1 Å². The molecule has 0 aliphatic heterocycles. The van der Waals surface area contributed by atoms with Gasteiger partial charge in [0.1, 0.15) is 0 Å². The Morgan fingerprint density at radius 2 is 1.94 bits per heavy atom. The lowest BCUT2D eigenvalue weighted by Gasteiger charge is -2.21. The van der Waals surface area contributed by atoms with Gasteiger partial charge in [0, 0.05) is 6.04 Å². The molecule has 0 aromatic heterocycles. The normalized spacial score (nSPS) is 24.8. The molecule has 0 amide bonds. The van der Waals surface area contributed by atoms with Gasteiger partial charge in [0.2, 0.25) is 0 Å². The summed E-state index contributed by atoms with van der Waals surface area (Å²) in [7, 11) is 0. The standard InChI is InChI=1S/C17H27N/c1-3-18-17-11-7-5-9-15(13-17)12-16-10-6-4-8-14(16)2/h4,6,8,10,15,17-18H,3,5,7,9,11-13H2,1-2H3. The molecule has 1 aliphatic carbocycles. The first-order valence-corrected chi connectivity index (χ1v) is 7.57. The van der Waals surface area contributed by atoms with Gasteiger partial charge in [0.25, 0.3) is 0 Å². The minimum Gasteiger partial charge on any atom is -0.314 e. The summed E-state index contributed by atoms with van der Waals surface area (Å²) in [6.07, 6.45) is 8.24. The summed E-state index contributed by atoms with van der Waals surface area (Å²) in [5, 5.41) is 3.65. The second-order valence-electron chi connectivity index (χ2n) is 5.77. The van der Waals surface area contributed by atoms with Gasteiger partial charge in [-0.1, -0.05) is 50.5 Å². The molecule has 1 aromatic rings. The molecule has 0 bridgehead atoms. The zero-order chi connectivity index (χ0) is 12.8. The van der Waals surface area contributed by atoms with Crippen LogP contribution in [0.4, 0.5) is 0 Å². The SMILES string of the molecule is CCNC1CCCCC(Cc2ccccc2C)C1. The van der Waals surface area contributed by atoms with E-state index in [0.717, 1.165) is 18.5 Å². The van der Waals surface area contributed by atoms with Gasteiger partial charge in [-0.3, -0.25) is 0 Å². The van der Waals surface area contributed by atoms with Gasteiger partial charge in [-0.2, -0.15) is 0 Å². The molecule has 1 N–H and O–H groups in total. The van der Waals surface area contributed by atoms with Crippen molar-refractivity contribution < 1.29 is 0 Å². The minimum absolute atomic E-state index is 0.756. The van der Waals surface area contributed by atoms with E-state index in [1.54, 1.807) is 5.56 Å². The van der Waals surface area contributed by atoms with Crippen LogP contribution in [-0.2, 0) is 6.42 Å². The van der Waals surface area contributed by atoms with Gasteiger partial charge < -0.3 is 5.32 Å². The maximum atomic E-state index is 3.65. The Balaban J connectivity index is 1.97. The van der Waals surface area contributed by atoms with Crippen LogP contribution in [0, 0.1) is 12.8 Å². The molecule has 1 heteroatoms. The van der Waals surface area contributed by atoms with Crippen molar-refractivity contribution in [3.8, 4) is 0 Å². The van der Waals surface area contributed by atoms with Gasteiger partial charge in [0.15, 0.2) is 0 Å². The van der Waals surface area contributed by atoms with Crippen LogP contribution in [0.1, 0.15) is 50.2 Å². The highest BCUT2D eigenvalue weighted by atomic mass is 14.9. The van der Waals surface area contributed by atoms with Crippen LogP contribution >= 0.6 is 0 Å². The highest BCUT2D eigenvalue weighted by Crippen LogP contribution is 2.27. The van der Waals surface area contributed by atoms with Gasteiger partial charge in [-0.25, -0.2) is 0 Å². The summed E-state index contributed by atoms with van der Waals surface area (Å²) >= 11 is 0. The highest BCUT2D eigenvalue weighted by Gasteiger charge is 2.20. The van der Waals surface area contributed by atoms with E-state index in [2.05, 4.69) is 43.4 Å². The van der Waals surface area contributed by atoms with E-state index in [9.17, 15) is 0 Å². The fraction of sp³-hybridized carbons (Fsp3) is 0.647. The van der Waals surface area contributed by atoms with Crippen LogP contribution in [0.15, 0.2) is 24.3 Å². The third kappa shape index (κ3) is 3.84. The molecule has 0 saturated heterocycles. The Morgan fingerprint density at radius 1 is 1.17 bits per heavy atom. The zero-order valence-corrected chi connectivity index (χ0v) is 11.9. The molecule has 1 fully saturated rings. The van der Waals surface area contributed by atoms with Crippen LogP contribution < -0.4 is 5.32 Å². The van der Waals surface area contributed by atoms with Crippen LogP contribution in [-0.4, -0.2) is 12.6 Å². The molecule has 1 nitrogen and oxygen atoms in total. The maximum Gasteiger partial charge on any atom is 0.00696 e. The van der Waals surface area contributed by atoms with E-state index >= 15 is 0 Å². The van der Waals surface area contributed by atoms with Crippen molar-refractivity contribution in [1.29, 1.82) is 0 Å². The lowest BCUT2D eigenvalue weighted by Crippen LogP contribution is -2.30. The summed E-state index contributed by atoms with van der Waals surface area (Å²) in [5.41, 5.74) is 3.02. The first kappa shape index (κ1) is 13.6. The molecule has 1 aliphatic rings. The van der Waals surface area contributed by atoms with Gasteiger partial charge in [-0.15, -0.1) is 0 Å². The largest absolute Gasteiger partial charge is 0.314 e. The molecular weight excluding hydrogens is 218 g/mol. The molecule has 100 valence electrons. The zero-order valence-electron chi connectivity index (χ0n) is 11.9. The molecule has 0 radical (unpaired) electrons. The Bertz CT molecular complexity index is 358. The van der Waals surface area contributed by atoms with E-state index in [0.29, 0.717) is 0 Å². The molecular formula is C17H27N. The third-order valence-electron chi connectivity index (χ3n) is 4.30. The second-order valence-corrected chi connectivity index (χ2v) is 5.77. The molecule has 0 heterocycles. The lowest BCUT2D eigenvalue weighted by atomic mass is 9.89. The van der Waals surface area contributed by atoms with Crippen molar-refractivity contribution in [2.24, 2.45) is 5.92 Å². The Hall–Kier alpha value is -0.820. The van der Waals surface area contributed by atoms with Crippen LogP contribution in [0.5, 0.6) is 0 Å². The van der Waals surface area contributed by atoms with Crippen LogP contribution in [0.25, 0.3) is 0 Å². The molecule has 2 atom stereocenters. The van der Waals surface area contributed by atoms with Gasteiger partial charge in [-0.05, 0) is 49.8 Å². The first-order chi connectivity index (χ1) is 8.79. The maximum absolute atomic E-state index is 3.65. The number of nitrogens with one attached hydrogen (secondary N) is 1. The number of rotatable bonds is 4. The Labute approximate surface area is 112 Å². The topological polar surface area (TPSA) is 12.0 Å². The highest BCUT2D eigenvalue weighted by molar-refractivity contribution is 5.25. The van der Waals surface area contributed by atoms with Gasteiger partial charge >= 0.3 is 0 Å². The average molecular weight is 245 g/mol. The third-order valence-corrected chi connectivity index (χ3v) is 4.30. The summed E-state index contributed by atoms with van der Waals surface area (Å²) in [4.78, 5) is 0. The van der Waals surface area contributed by atoms with E-state index in [-0.39, 0.29) is 0 Å². The molecule has 1 aromatic carbocycles. The smallest absolute Gasteiger partial charge is 0.00696 e. The molecule has 2 rings (SSSR count). The second kappa shape index (κ2) is 6.94. The number of hydrogen-bond acceptors (Lipinski definition) is 1. The monoisotopic (exact) mass is 245 g/mol. The fourth-order valence-electron chi connectivity index (χ4n) is 3.27. The predicted octanol–water partition coefficient (Wildman–Crippen LogP) is 4.10. The van der Waals surface area contributed by atoms with E-state index in [4.69, 9.17) is 0 Å².